The quantitative estimate of drug-likeness (QED) is 0.531. The second-order valence-electron chi connectivity index (χ2n) is 5.13. The molecule has 4 aromatic rings. The Morgan fingerprint density at radius 2 is 1.83 bits per heavy atom. The maximum Gasteiger partial charge on any atom is 0.160 e. The van der Waals surface area contributed by atoms with Gasteiger partial charge in [0, 0.05) is 18.1 Å². The number of benzene rings is 2. The summed E-state index contributed by atoms with van der Waals surface area (Å²) in [6, 6.07) is 18.8. The van der Waals surface area contributed by atoms with E-state index in [0.29, 0.717) is 0 Å². The number of thioether (sulfide) groups is 1. The van der Waals surface area contributed by atoms with Crippen molar-refractivity contribution in [3.63, 3.8) is 0 Å². The van der Waals surface area contributed by atoms with Crippen molar-refractivity contribution < 1.29 is 0 Å². The molecule has 0 N–H and O–H groups in total. The van der Waals surface area contributed by atoms with Gasteiger partial charge in [0.25, 0.3) is 0 Å². The van der Waals surface area contributed by atoms with E-state index in [9.17, 15) is 0 Å². The van der Waals surface area contributed by atoms with Crippen LogP contribution < -0.4 is 0 Å². The van der Waals surface area contributed by atoms with Crippen LogP contribution in [0.15, 0.2) is 78.3 Å². The van der Waals surface area contributed by atoms with E-state index in [0.717, 1.165) is 16.6 Å². The number of hydrogen-bond acceptors (Lipinski definition) is 4. The Labute approximate surface area is 138 Å². The van der Waals surface area contributed by atoms with Gasteiger partial charge in [-0.05, 0) is 28.5 Å². The van der Waals surface area contributed by atoms with Gasteiger partial charge < -0.3 is 0 Å². The topological polar surface area (TPSA) is 43.6 Å². The van der Waals surface area contributed by atoms with Crippen molar-refractivity contribution in [2.75, 3.05) is 0 Å². The summed E-state index contributed by atoms with van der Waals surface area (Å²) in [5.74, 6) is 1.65. The van der Waals surface area contributed by atoms with Crippen LogP contribution in [0, 0.1) is 0 Å². The highest BCUT2D eigenvalue weighted by molar-refractivity contribution is 7.98. The molecule has 0 aliphatic rings. The fourth-order valence-corrected chi connectivity index (χ4v) is 3.31. The summed E-state index contributed by atoms with van der Waals surface area (Å²) in [6.45, 7) is 0. The number of aromatic nitrogens is 4. The van der Waals surface area contributed by atoms with Gasteiger partial charge in [0.2, 0.25) is 0 Å². The summed E-state index contributed by atoms with van der Waals surface area (Å²) >= 11 is 1.70. The molecule has 23 heavy (non-hydrogen) atoms. The van der Waals surface area contributed by atoms with Gasteiger partial charge in [0.15, 0.2) is 5.82 Å². The molecule has 0 bridgehead atoms. The molecule has 0 spiro atoms. The summed E-state index contributed by atoms with van der Waals surface area (Å²) in [6.07, 6.45) is 5.30. The molecule has 0 aliphatic carbocycles. The van der Waals surface area contributed by atoms with E-state index in [1.54, 1.807) is 24.3 Å². The van der Waals surface area contributed by atoms with E-state index in [1.165, 1.54) is 16.3 Å². The molecule has 0 amide bonds. The van der Waals surface area contributed by atoms with Crippen molar-refractivity contribution in [3.8, 4) is 5.82 Å². The minimum absolute atomic E-state index is 0.775. The SMILES string of the molecule is c1ccc2c(CSc3ccc(-n4ccnc4)nn3)cccc2c1. The maximum absolute atomic E-state index is 4.29. The van der Waals surface area contributed by atoms with E-state index in [4.69, 9.17) is 0 Å². The molecule has 0 saturated carbocycles. The van der Waals surface area contributed by atoms with Crippen LogP contribution in [0.25, 0.3) is 16.6 Å². The molecule has 0 saturated heterocycles. The third-order valence-corrected chi connectivity index (χ3v) is 4.62. The van der Waals surface area contributed by atoms with Gasteiger partial charge in [-0.1, -0.05) is 54.2 Å². The van der Waals surface area contributed by atoms with Crippen LogP contribution in [-0.2, 0) is 5.75 Å². The predicted octanol–water partition coefficient (Wildman–Crippen LogP) is 4.11. The van der Waals surface area contributed by atoms with E-state index in [-0.39, 0.29) is 0 Å². The number of imidazole rings is 1. The molecule has 0 atom stereocenters. The minimum Gasteiger partial charge on any atom is -0.289 e. The summed E-state index contributed by atoms with van der Waals surface area (Å²) in [4.78, 5) is 4.02. The van der Waals surface area contributed by atoms with Crippen LogP contribution in [-0.4, -0.2) is 19.7 Å². The van der Waals surface area contributed by atoms with Crippen molar-refractivity contribution >= 4 is 22.5 Å². The normalized spacial score (nSPS) is 11.0. The molecule has 5 heteroatoms. The lowest BCUT2D eigenvalue weighted by Crippen LogP contribution is -1.97. The van der Waals surface area contributed by atoms with E-state index < -0.39 is 0 Å². The Hall–Kier alpha value is -2.66. The monoisotopic (exact) mass is 318 g/mol. The average molecular weight is 318 g/mol. The smallest absolute Gasteiger partial charge is 0.160 e. The van der Waals surface area contributed by atoms with Crippen LogP contribution in [0.3, 0.4) is 0 Å². The Balaban J connectivity index is 1.52. The number of nitrogens with zero attached hydrogens (tertiary/aromatic N) is 4. The minimum atomic E-state index is 0.775. The molecule has 0 fully saturated rings. The highest BCUT2D eigenvalue weighted by Crippen LogP contribution is 2.26. The Morgan fingerprint density at radius 3 is 2.65 bits per heavy atom. The number of fused-ring (bicyclic) bond motifs is 1. The van der Waals surface area contributed by atoms with E-state index in [2.05, 4.69) is 57.6 Å². The zero-order valence-corrected chi connectivity index (χ0v) is 13.1. The van der Waals surface area contributed by atoms with E-state index >= 15 is 0 Å². The first-order valence-electron chi connectivity index (χ1n) is 7.32. The second-order valence-corrected chi connectivity index (χ2v) is 6.12. The van der Waals surface area contributed by atoms with Gasteiger partial charge in [-0.2, -0.15) is 0 Å². The third kappa shape index (κ3) is 2.96. The fourth-order valence-electron chi connectivity index (χ4n) is 2.49. The summed E-state index contributed by atoms with van der Waals surface area (Å²) in [5.41, 5.74) is 1.31. The van der Waals surface area contributed by atoms with Crippen LogP contribution >= 0.6 is 11.8 Å². The molecule has 2 heterocycles. The molecule has 4 rings (SSSR count). The lowest BCUT2D eigenvalue weighted by molar-refractivity contribution is 0.861. The van der Waals surface area contributed by atoms with Crippen molar-refractivity contribution in [3.05, 3.63) is 78.9 Å². The molecule has 0 radical (unpaired) electrons. The first kappa shape index (κ1) is 14.0. The van der Waals surface area contributed by atoms with Crippen molar-refractivity contribution in [1.29, 1.82) is 0 Å². The molecule has 4 nitrogen and oxygen atoms in total. The van der Waals surface area contributed by atoms with Crippen LogP contribution in [0.1, 0.15) is 5.56 Å². The van der Waals surface area contributed by atoms with Crippen molar-refractivity contribution in [2.45, 2.75) is 10.8 Å². The van der Waals surface area contributed by atoms with Crippen LogP contribution in [0.4, 0.5) is 0 Å². The second kappa shape index (κ2) is 6.22. The Morgan fingerprint density at radius 1 is 0.913 bits per heavy atom. The first-order chi connectivity index (χ1) is 11.4. The molecule has 112 valence electrons. The molecule has 2 aromatic heterocycles. The standard InChI is InChI=1S/C18H14N4S/c1-2-7-16-14(4-1)5-3-6-15(16)12-23-18-9-8-17(20-21-18)22-11-10-19-13-22/h1-11,13H,12H2. The molecule has 0 aliphatic heterocycles. The molecular weight excluding hydrogens is 304 g/mol. The first-order valence-corrected chi connectivity index (χ1v) is 8.30. The zero-order chi connectivity index (χ0) is 15.5. The van der Waals surface area contributed by atoms with Gasteiger partial charge in [-0.15, -0.1) is 10.2 Å². The van der Waals surface area contributed by atoms with Gasteiger partial charge in [0.1, 0.15) is 11.4 Å². The summed E-state index contributed by atoms with van der Waals surface area (Å²) in [5, 5.41) is 12.0. The summed E-state index contributed by atoms with van der Waals surface area (Å²) < 4.78 is 1.84. The van der Waals surface area contributed by atoms with Gasteiger partial charge >= 0.3 is 0 Å². The van der Waals surface area contributed by atoms with Crippen molar-refractivity contribution in [2.24, 2.45) is 0 Å². The zero-order valence-electron chi connectivity index (χ0n) is 12.3. The number of rotatable bonds is 4. The Bertz CT molecular complexity index is 912. The highest BCUT2D eigenvalue weighted by atomic mass is 32.2. The average Bonchev–Trinajstić information content (AvgIpc) is 3.15. The molecule has 0 unspecified atom stereocenters. The molecule has 2 aromatic carbocycles. The molecular formula is C18H14N4S. The van der Waals surface area contributed by atoms with Gasteiger partial charge in [0.05, 0.1) is 0 Å². The van der Waals surface area contributed by atoms with Gasteiger partial charge in [-0.25, -0.2) is 4.98 Å². The lowest BCUT2D eigenvalue weighted by atomic mass is 10.1. The Kier molecular flexibility index (Phi) is 3.78. The van der Waals surface area contributed by atoms with Crippen molar-refractivity contribution in [1.82, 2.24) is 19.7 Å². The van der Waals surface area contributed by atoms with Crippen LogP contribution in [0.2, 0.25) is 0 Å². The largest absolute Gasteiger partial charge is 0.289 e. The van der Waals surface area contributed by atoms with Gasteiger partial charge in [-0.3, -0.25) is 4.57 Å². The summed E-state index contributed by atoms with van der Waals surface area (Å²) in [7, 11) is 0. The van der Waals surface area contributed by atoms with Crippen LogP contribution in [0.5, 0.6) is 0 Å². The maximum atomic E-state index is 4.29. The third-order valence-electron chi connectivity index (χ3n) is 3.65. The lowest BCUT2D eigenvalue weighted by Gasteiger charge is -2.06. The predicted molar refractivity (Wildman–Crippen MR) is 92.7 cm³/mol. The number of hydrogen-bond donors (Lipinski definition) is 0. The van der Waals surface area contributed by atoms with E-state index in [1.807, 2.05) is 22.9 Å². The highest BCUT2D eigenvalue weighted by Gasteiger charge is 2.04. The fraction of sp³-hybridized carbons (Fsp3) is 0.0556.